The van der Waals surface area contributed by atoms with E-state index in [4.69, 9.17) is 16.0 Å². The summed E-state index contributed by atoms with van der Waals surface area (Å²) in [5.41, 5.74) is 2.37. The Morgan fingerprint density at radius 1 is 1.11 bits per heavy atom. The molecule has 0 saturated carbocycles. The Bertz CT molecular complexity index is 1020. The van der Waals surface area contributed by atoms with Crippen LogP contribution in [0.25, 0.3) is 17.0 Å². The lowest BCUT2D eigenvalue weighted by Gasteiger charge is -2.36. The van der Waals surface area contributed by atoms with Crippen molar-refractivity contribution in [3.05, 3.63) is 81.7 Å². The second-order valence-electron chi connectivity index (χ2n) is 7.03. The topological polar surface area (TPSA) is 45.5 Å². The quantitative estimate of drug-likeness (QED) is 0.636. The van der Waals surface area contributed by atoms with Crippen LogP contribution in [0.5, 0.6) is 0 Å². The van der Waals surface area contributed by atoms with Gasteiger partial charge in [0.1, 0.15) is 5.58 Å². The summed E-state index contributed by atoms with van der Waals surface area (Å²) >= 11 is 5.97. The predicted octanol–water partition coefficient (Wildman–Crippen LogP) is 4.72. The fourth-order valence-electron chi connectivity index (χ4n) is 3.77. The van der Waals surface area contributed by atoms with Gasteiger partial charge in [0, 0.05) is 29.1 Å². The van der Waals surface area contributed by atoms with E-state index < -0.39 is 0 Å². The summed E-state index contributed by atoms with van der Waals surface area (Å²) in [6, 6.07) is 17.5. The van der Waals surface area contributed by atoms with E-state index in [2.05, 4.69) is 22.4 Å². The van der Waals surface area contributed by atoms with E-state index in [9.17, 15) is 4.79 Å². The smallest absolute Gasteiger partial charge is 0.338 e. The molecular formula is C23H23ClN2O2. The molecule has 1 aliphatic rings. The highest BCUT2D eigenvalue weighted by Gasteiger charge is 2.22. The van der Waals surface area contributed by atoms with Crippen molar-refractivity contribution in [2.45, 2.75) is 18.9 Å². The molecule has 144 valence electrons. The van der Waals surface area contributed by atoms with Crippen LogP contribution in [0.3, 0.4) is 0 Å². The van der Waals surface area contributed by atoms with Gasteiger partial charge in [-0.25, -0.2) is 4.79 Å². The van der Waals surface area contributed by atoms with Crippen LogP contribution in [0.2, 0.25) is 5.02 Å². The van der Waals surface area contributed by atoms with Gasteiger partial charge in [-0.3, -0.25) is 0 Å². The highest BCUT2D eigenvalue weighted by atomic mass is 35.5. The molecule has 0 radical (unpaired) electrons. The largest absolute Gasteiger partial charge is 0.423 e. The third-order valence-electron chi connectivity index (χ3n) is 5.17. The van der Waals surface area contributed by atoms with Gasteiger partial charge in [0.25, 0.3) is 0 Å². The normalized spacial score (nSPS) is 15.3. The van der Waals surface area contributed by atoms with Gasteiger partial charge in [0.15, 0.2) is 0 Å². The molecule has 2 heterocycles. The number of nitrogens with zero attached hydrogens (tertiary/aromatic N) is 1. The minimum atomic E-state index is -0.311. The fraction of sp³-hybridized carbons (Fsp3) is 0.261. The molecule has 2 aromatic carbocycles. The SMILES string of the molecule is O=c1cc(N(CC=Cc2ccc(Cl)cc2)C2CCNCC2)c2ccccc2o1. The second-order valence-corrected chi connectivity index (χ2v) is 7.47. The summed E-state index contributed by atoms with van der Waals surface area (Å²) in [6.07, 6.45) is 6.33. The number of para-hydroxylation sites is 1. The van der Waals surface area contributed by atoms with Crippen molar-refractivity contribution in [3.8, 4) is 0 Å². The summed E-state index contributed by atoms with van der Waals surface area (Å²) in [6.45, 7) is 2.70. The van der Waals surface area contributed by atoms with E-state index in [1.54, 1.807) is 6.07 Å². The van der Waals surface area contributed by atoms with Crippen molar-refractivity contribution in [3.63, 3.8) is 0 Å². The highest BCUT2D eigenvalue weighted by Crippen LogP contribution is 2.29. The highest BCUT2D eigenvalue weighted by molar-refractivity contribution is 6.30. The van der Waals surface area contributed by atoms with Gasteiger partial charge < -0.3 is 14.6 Å². The molecule has 0 aliphatic carbocycles. The molecule has 1 fully saturated rings. The lowest BCUT2D eigenvalue weighted by Crippen LogP contribution is -2.43. The first-order valence-corrected chi connectivity index (χ1v) is 10.0. The number of anilines is 1. The maximum Gasteiger partial charge on any atom is 0.338 e. The zero-order valence-electron chi connectivity index (χ0n) is 15.6. The van der Waals surface area contributed by atoms with Crippen LogP contribution < -0.4 is 15.8 Å². The van der Waals surface area contributed by atoms with Gasteiger partial charge in [-0.05, 0) is 55.8 Å². The van der Waals surface area contributed by atoms with Crippen LogP contribution in [0, 0.1) is 0 Å². The van der Waals surface area contributed by atoms with E-state index >= 15 is 0 Å². The Morgan fingerprint density at radius 2 is 1.86 bits per heavy atom. The van der Waals surface area contributed by atoms with Crippen molar-refractivity contribution in [1.82, 2.24) is 5.32 Å². The average molecular weight is 395 g/mol. The van der Waals surface area contributed by atoms with Crippen LogP contribution >= 0.6 is 11.6 Å². The molecule has 1 saturated heterocycles. The number of benzene rings is 2. The van der Waals surface area contributed by atoms with Crippen LogP contribution in [-0.4, -0.2) is 25.7 Å². The first-order chi connectivity index (χ1) is 13.7. The molecule has 4 nitrogen and oxygen atoms in total. The lowest BCUT2D eigenvalue weighted by atomic mass is 10.0. The number of hydrogen-bond donors (Lipinski definition) is 1. The van der Waals surface area contributed by atoms with Crippen molar-refractivity contribution >= 4 is 34.3 Å². The Morgan fingerprint density at radius 3 is 2.64 bits per heavy atom. The molecule has 1 aliphatic heterocycles. The summed E-state index contributed by atoms with van der Waals surface area (Å²) in [5.74, 6) is 0. The van der Waals surface area contributed by atoms with Crippen molar-refractivity contribution < 1.29 is 4.42 Å². The summed E-state index contributed by atoms with van der Waals surface area (Å²) < 4.78 is 5.40. The van der Waals surface area contributed by atoms with E-state index in [1.165, 1.54) is 0 Å². The minimum absolute atomic E-state index is 0.311. The predicted molar refractivity (Wildman–Crippen MR) is 116 cm³/mol. The summed E-state index contributed by atoms with van der Waals surface area (Å²) in [4.78, 5) is 14.5. The second kappa shape index (κ2) is 8.63. The number of fused-ring (bicyclic) bond motifs is 1. The maximum atomic E-state index is 12.2. The van der Waals surface area contributed by atoms with Gasteiger partial charge in [0.05, 0.1) is 5.69 Å². The van der Waals surface area contributed by atoms with Crippen molar-refractivity contribution in [2.24, 2.45) is 0 Å². The van der Waals surface area contributed by atoms with E-state index in [1.807, 2.05) is 48.5 Å². The molecule has 0 bridgehead atoms. The van der Waals surface area contributed by atoms with Crippen molar-refractivity contribution in [2.75, 3.05) is 24.5 Å². The monoisotopic (exact) mass is 394 g/mol. The molecule has 0 atom stereocenters. The van der Waals surface area contributed by atoms with Crippen LogP contribution in [0.1, 0.15) is 18.4 Å². The molecule has 3 aromatic rings. The molecule has 4 rings (SSSR count). The Balaban J connectivity index is 1.68. The van der Waals surface area contributed by atoms with Gasteiger partial charge >= 0.3 is 5.63 Å². The van der Waals surface area contributed by atoms with Gasteiger partial charge in [0.2, 0.25) is 0 Å². The third-order valence-corrected chi connectivity index (χ3v) is 5.42. The van der Waals surface area contributed by atoms with Gasteiger partial charge in [-0.15, -0.1) is 0 Å². The third kappa shape index (κ3) is 4.29. The number of hydrogen-bond acceptors (Lipinski definition) is 4. The molecular weight excluding hydrogens is 372 g/mol. The lowest BCUT2D eigenvalue weighted by molar-refractivity contribution is 0.437. The van der Waals surface area contributed by atoms with Crippen LogP contribution in [-0.2, 0) is 0 Å². The zero-order valence-corrected chi connectivity index (χ0v) is 16.4. The molecule has 28 heavy (non-hydrogen) atoms. The number of halogens is 1. The Labute approximate surface area is 169 Å². The van der Waals surface area contributed by atoms with E-state index in [0.717, 1.165) is 54.1 Å². The van der Waals surface area contributed by atoms with Crippen LogP contribution in [0.15, 0.2) is 69.9 Å². The van der Waals surface area contributed by atoms with Crippen LogP contribution in [0.4, 0.5) is 5.69 Å². The number of piperidine rings is 1. The zero-order chi connectivity index (χ0) is 19.3. The number of rotatable bonds is 5. The first-order valence-electron chi connectivity index (χ1n) is 9.63. The maximum absolute atomic E-state index is 12.2. The molecule has 1 N–H and O–H groups in total. The molecule has 5 heteroatoms. The van der Waals surface area contributed by atoms with Gasteiger partial charge in [-0.2, -0.15) is 0 Å². The van der Waals surface area contributed by atoms with Gasteiger partial charge in [-0.1, -0.05) is 48.0 Å². The standard InChI is InChI=1S/C23H23ClN2O2/c24-18-9-7-17(8-10-18)4-3-15-26(19-11-13-25-14-12-19)21-16-23(27)28-22-6-2-1-5-20(21)22/h1-10,16,19,25H,11-15H2. The van der Waals surface area contributed by atoms with E-state index in [0.29, 0.717) is 11.6 Å². The summed E-state index contributed by atoms with van der Waals surface area (Å²) in [7, 11) is 0. The molecule has 0 spiro atoms. The number of nitrogens with one attached hydrogen (secondary N) is 1. The first kappa shape index (κ1) is 18.8. The molecule has 0 amide bonds. The average Bonchev–Trinajstić information content (AvgIpc) is 2.73. The fourth-order valence-corrected chi connectivity index (χ4v) is 3.90. The Kier molecular flexibility index (Phi) is 5.79. The van der Waals surface area contributed by atoms with E-state index in [-0.39, 0.29) is 5.63 Å². The summed E-state index contributed by atoms with van der Waals surface area (Å²) in [5, 5.41) is 5.12. The molecule has 0 unspecified atom stereocenters. The minimum Gasteiger partial charge on any atom is -0.423 e. The molecule has 1 aromatic heterocycles. The Hall–Kier alpha value is -2.56. The van der Waals surface area contributed by atoms with Crippen molar-refractivity contribution in [1.29, 1.82) is 0 Å².